The zero-order valence-corrected chi connectivity index (χ0v) is 12.3. The second-order valence-electron chi connectivity index (χ2n) is 4.22. The van der Waals surface area contributed by atoms with Crippen LogP contribution < -0.4 is 0 Å². The molecule has 0 aromatic carbocycles. The minimum atomic E-state index is 0.228. The Morgan fingerprint density at radius 3 is 2.72 bits per heavy atom. The Labute approximate surface area is 116 Å². The molecule has 2 aromatic heterocycles. The van der Waals surface area contributed by atoms with Crippen molar-refractivity contribution in [2.24, 2.45) is 0 Å². The predicted molar refractivity (Wildman–Crippen MR) is 78.7 cm³/mol. The summed E-state index contributed by atoms with van der Waals surface area (Å²) in [4.78, 5) is 17.7. The van der Waals surface area contributed by atoms with Gasteiger partial charge in [-0.25, -0.2) is 0 Å². The Bertz CT molecular complexity index is 502. The molecule has 2 rings (SSSR count). The molecule has 2 aromatic rings. The Morgan fingerprint density at radius 1 is 1.33 bits per heavy atom. The van der Waals surface area contributed by atoms with Gasteiger partial charge in [0.05, 0.1) is 11.4 Å². The lowest BCUT2D eigenvalue weighted by Gasteiger charge is -2.18. The van der Waals surface area contributed by atoms with Crippen LogP contribution in [0, 0.1) is 6.92 Å². The number of aryl methyl sites for hydroxylation is 1. The van der Waals surface area contributed by atoms with Crippen LogP contribution in [-0.4, -0.2) is 23.8 Å². The summed E-state index contributed by atoms with van der Waals surface area (Å²) in [5.74, 6) is 0.228. The fraction of sp³-hybridized carbons (Fsp3) is 0.357. The number of thiophene rings is 2. The molecule has 0 saturated heterocycles. The Morgan fingerprint density at radius 2 is 2.17 bits per heavy atom. The SMILES string of the molecule is CCN(CC(=O)c1ccc(C)s1)Cc1cccs1. The summed E-state index contributed by atoms with van der Waals surface area (Å²) < 4.78 is 0. The minimum Gasteiger partial charge on any atom is -0.292 e. The lowest BCUT2D eigenvalue weighted by Crippen LogP contribution is -2.28. The first-order valence-corrected chi connectivity index (χ1v) is 7.73. The van der Waals surface area contributed by atoms with Crippen LogP contribution in [0.25, 0.3) is 0 Å². The molecule has 0 unspecified atom stereocenters. The van der Waals surface area contributed by atoms with Gasteiger partial charge < -0.3 is 0 Å². The zero-order chi connectivity index (χ0) is 13.0. The molecule has 0 aliphatic heterocycles. The van der Waals surface area contributed by atoms with E-state index < -0.39 is 0 Å². The van der Waals surface area contributed by atoms with E-state index in [0.29, 0.717) is 6.54 Å². The number of nitrogens with zero attached hydrogens (tertiary/aromatic N) is 1. The van der Waals surface area contributed by atoms with E-state index in [-0.39, 0.29) is 5.78 Å². The van der Waals surface area contributed by atoms with Gasteiger partial charge in [-0.05, 0) is 37.0 Å². The summed E-state index contributed by atoms with van der Waals surface area (Å²) >= 11 is 3.33. The topological polar surface area (TPSA) is 20.3 Å². The van der Waals surface area contributed by atoms with Crippen LogP contribution in [0.4, 0.5) is 0 Å². The second kappa shape index (κ2) is 6.27. The fourth-order valence-corrected chi connectivity index (χ4v) is 3.31. The van der Waals surface area contributed by atoms with Gasteiger partial charge in [0.1, 0.15) is 0 Å². The summed E-state index contributed by atoms with van der Waals surface area (Å²) in [5, 5.41) is 2.08. The maximum Gasteiger partial charge on any atom is 0.186 e. The van der Waals surface area contributed by atoms with Gasteiger partial charge in [0.2, 0.25) is 0 Å². The first-order chi connectivity index (χ1) is 8.69. The summed E-state index contributed by atoms with van der Waals surface area (Å²) in [5.41, 5.74) is 0. The third-order valence-corrected chi connectivity index (χ3v) is 4.69. The Balaban J connectivity index is 1.96. The molecular weight excluding hydrogens is 262 g/mol. The molecule has 4 heteroatoms. The number of hydrogen-bond acceptors (Lipinski definition) is 4. The maximum atomic E-state index is 12.1. The van der Waals surface area contributed by atoms with Gasteiger partial charge in [0.15, 0.2) is 5.78 Å². The van der Waals surface area contributed by atoms with E-state index in [1.807, 2.05) is 19.1 Å². The van der Waals surface area contributed by atoms with Gasteiger partial charge in [-0.1, -0.05) is 13.0 Å². The Kier molecular flexibility index (Phi) is 4.69. The number of carbonyl (C=O) groups excluding carboxylic acids is 1. The first-order valence-electron chi connectivity index (χ1n) is 6.03. The highest BCUT2D eigenvalue weighted by Gasteiger charge is 2.13. The van der Waals surface area contributed by atoms with Crippen LogP contribution in [0.1, 0.15) is 26.3 Å². The van der Waals surface area contributed by atoms with Crippen molar-refractivity contribution in [3.8, 4) is 0 Å². The molecule has 18 heavy (non-hydrogen) atoms. The highest BCUT2D eigenvalue weighted by molar-refractivity contribution is 7.14. The van der Waals surface area contributed by atoms with Crippen LogP contribution in [0.2, 0.25) is 0 Å². The van der Waals surface area contributed by atoms with E-state index >= 15 is 0 Å². The molecular formula is C14H17NOS2. The first kappa shape index (κ1) is 13.5. The molecule has 0 aliphatic rings. The van der Waals surface area contributed by atoms with Crippen molar-refractivity contribution >= 4 is 28.5 Å². The van der Waals surface area contributed by atoms with Gasteiger partial charge in [0, 0.05) is 16.3 Å². The summed E-state index contributed by atoms with van der Waals surface area (Å²) in [6, 6.07) is 8.11. The van der Waals surface area contributed by atoms with Crippen molar-refractivity contribution in [3.63, 3.8) is 0 Å². The van der Waals surface area contributed by atoms with Crippen molar-refractivity contribution in [2.45, 2.75) is 20.4 Å². The summed E-state index contributed by atoms with van der Waals surface area (Å²) in [6.45, 7) is 6.40. The number of ketones is 1. The zero-order valence-electron chi connectivity index (χ0n) is 10.7. The van der Waals surface area contributed by atoms with Crippen molar-refractivity contribution in [1.29, 1.82) is 0 Å². The van der Waals surface area contributed by atoms with Gasteiger partial charge in [0.25, 0.3) is 0 Å². The minimum absolute atomic E-state index is 0.228. The van der Waals surface area contributed by atoms with Crippen LogP contribution in [0.5, 0.6) is 0 Å². The lowest BCUT2D eigenvalue weighted by molar-refractivity contribution is 0.0934. The number of rotatable bonds is 6. The normalized spacial score (nSPS) is 11.1. The van der Waals surface area contributed by atoms with Gasteiger partial charge in [-0.15, -0.1) is 22.7 Å². The largest absolute Gasteiger partial charge is 0.292 e. The predicted octanol–water partition coefficient (Wildman–Crippen LogP) is 3.82. The van der Waals surface area contributed by atoms with E-state index in [1.165, 1.54) is 9.75 Å². The van der Waals surface area contributed by atoms with Gasteiger partial charge in [-0.2, -0.15) is 0 Å². The molecule has 0 N–H and O–H groups in total. The van der Waals surface area contributed by atoms with E-state index in [0.717, 1.165) is 18.0 Å². The quantitative estimate of drug-likeness (QED) is 0.749. The molecule has 0 atom stereocenters. The summed E-state index contributed by atoms with van der Waals surface area (Å²) in [6.07, 6.45) is 0. The molecule has 2 heterocycles. The van der Waals surface area contributed by atoms with Crippen molar-refractivity contribution in [3.05, 3.63) is 44.3 Å². The van der Waals surface area contributed by atoms with Crippen LogP contribution in [-0.2, 0) is 6.54 Å². The average Bonchev–Trinajstić information content (AvgIpc) is 2.99. The maximum absolute atomic E-state index is 12.1. The number of Topliss-reactive ketones (excluding diaryl/α,β-unsaturated/α-hetero) is 1. The standard InChI is InChI=1S/C14H17NOS2/c1-3-15(9-12-5-4-8-17-12)10-13(16)14-7-6-11(2)18-14/h4-8H,3,9-10H2,1-2H3. The van der Waals surface area contributed by atoms with Gasteiger partial charge >= 0.3 is 0 Å². The third kappa shape index (κ3) is 3.51. The number of likely N-dealkylation sites (N-methyl/N-ethyl adjacent to an activating group) is 1. The molecule has 0 amide bonds. The average molecular weight is 279 g/mol. The number of hydrogen-bond donors (Lipinski definition) is 0. The smallest absolute Gasteiger partial charge is 0.186 e. The molecule has 0 saturated carbocycles. The van der Waals surface area contributed by atoms with Crippen molar-refractivity contribution < 1.29 is 4.79 Å². The molecule has 0 fully saturated rings. The molecule has 96 valence electrons. The van der Waals surface area contributed by atoms with E-state index in [4.69, 9.17) is 0 Å². The van der Waals surface area contributed by atoms with Crippen LogP contribution in [0.15, 0.2) is 29.6 Å². The Hall–Kier alpha value is -0.970. The van der Waals surface area contributed by atoms with E-state index in [2.05, 4.69) is 29.3 Å². The third-order valence-electron chi connectivity index (χ3n) is 2.79. The summed E-state index contributed by atoms with van der Waals surface area (Å²) in [7, 11) is 0. The van der Waals surface area contributed by atoms with Crippen LogP contribution >= 0.6 is 22.7 Å². The lowest BCUT2D eigenvalue weighted by atomic mass is 10.3. The highest BCUT2D eigenvalue weighted by atomic mass is 32.1. The molecule has 0 radical (unpaired) electrons. The second-order valence-corrected chi connectivity index (χ2v) is 6.54. The van der Waals surface area contributed by atoms with Gasteiger partial charge in [-0.3, -0.25) is 9.69 Å². The van der Waals surface area contributed by atoms with Crippen molar-refractivity contribution in [1.82, 2.24) is 4.90 Å². The van der Waals surface area contributed by atoms with Crippen molar-refractivity contribution in [2.75, 3.05) is 13.1 Å². The highest BCUT2D eigenvalue weighted by Crippen LogP contribution is 2.17. The van der Waals surface area contributed by atoms with E-state index in [9.17, 15) is 4.79 Å². The molecule has 0 bridgehead atoms. The molecule has 0 aliphatic carbocycles. The van der Waals surface area contributed by atoms with Crippen LogP contribution in [0.3, 0.4) is 0 Å². The number of carbonyl (C=O) groups is 1. The van der Waals surface area contributed by atoms with E-state index in [1.54, 1.807) is 22.7 Å². The molecule has 0 spiro atoms. The molecule has 2 nitrogen and oxygen atoms in total. The monoisotopic (exact) mass is 279 g/mol. The fourth-order valence-electron chi connectivity index (χ4n) is 1.77.